The van der Waals surface area contributed by atoms with Crippen LogP contribution in [0.15, 0.2) is 66.7 Å². The molecule has 1 saturated heterocycles. The third kappa shape index (κ3) is 4.64. The number of hydrogen-bond acceptors (Lipinski definition) is 4. The molecule has 7 rings (SSSR count). The molecule has 3 aromatic carbocycles. The summed E-state index contributed by atoms with van der Waals surface area (Å²) in [6.45, 7) is 5.55. The van der Waals surface area contributed by atoms with Crippen molar-refractivity contribution >= 4 is 23.1 Å². The van der Waals surface area contributed by atoms with E-state index in [4.69, 9.17) is 0 Å². The molecule has 2 fully saturated rings. The third-order valence-corrected chi connectivity index (χ3v) is 11.2. The number of amides is 2. The summed E-state index contributed by atoms with van der Waals surface area (Å²) >= 11 is 0. The van der Waals surface area contributed by atoms with Gasteiger partial charge in [0.15, 0.2) is 0 Å². The Balaban J connectivity index is 1.34. The number of urea groups is 1. The second kappa shape index (κ2) is 11.2. The third-order valence-electron chi connectivity index (χ3n) is 11.2. The van der Waals surface area contributed by atoms with Gasteiger partial charge >= 0.3 is 6.03 Å². The average molecular weight is 588 g/mol. The molecule has 2 amide bonds. The number of hydrogen-bond donors (Lipinski definition) is 2. The summed E-state index contributed by atoms with van der Waals surface area (Å²) < 4.78 is 0. The van der Waals surface area contributed by atoms with Gasteiger partial charge in [-0.1, -0.05) is 74.6 Å². The topological polar surface area (TPSA) is 71.4 Å². The van der Waals surface area contributed by atoms with Gasteiger partial charge in [-0.05, 0) is 80.0 Å². The van der Waals surface area contributed by atoms with Gasteiger partial charge in [0.05, 0.1) is 23.1 Å². The van der Waals surface area contributed by atoms with Gasteiger partial charge in [0.2, 0.25) is 0 Å². The first-order valence-electron chi connectivity index (χ1n) is 16.6. The molecule has 3 heterocycles. The Kier molecular flexibility index (Phi) is 7.31. The normalized spacial score (nSPS) is 25.5. The van der Waals surface area contributed by atoms with Crippen LogP contribution in [0.1, 0.15) is 93.0 Å². The van der Waals surface area contributed by atoms with Gasteiger partial charge in [-0.25, -0.2) is 4.79 Å². The van der Waals surface area contributed by atoms with E-state index in [2.05, 4.69) is 81.1 Å². The summed E-state index contributed by atoms with van der Waals surface area (Å²) in [4.78, 5) is 18.7. The van der Waals surface area contributed by atoms with E-state index in [1.807, 2.05) is 33.0 Å². The summed E-state index contributed by atoms with van der Waals surface area (Å²) in [7, 11) is 2.04. The fraction of sp³-hybridized carbons (Fsp3) is 0.474. The van der Waals surface area contributed by atoms with Crippen molar-refractivity contribution in [3.63, 3.8) is 0 Å². The Morgan fingerprint density at radius 2 is 1.64 bits per heavy atom. The van der Waals surface area contributed by atoms with Crippen molar-refractivity contribution in [1.82, 2.24) is 4.90 Å². The molecular weight excluding hydrogens is 542 g/mol. The Morgan fingerprint density at radius 1 is 0.909 bits per heavy atom. The van der Waals surface area contributed by atoms with E-state index < -0.39 is 5.41 Å². The molecule has 1 saturated carbocycles. The molecule has 6 heteroatoms. The number of benzene rings is 3. The maximum Gasteiger partial charge on any atom is 0.325 e. The summed E-state index contributed by atoms with van der Waals surface area (Å²) in [5, 5.41) is 17.3. The molecule has 228 valence electrons. The highest BCUT2D eigenvalue weighted by Crippen LogP contribution is 2.55. The lowest BCUT2D eigenvalue weighted by molar-refractivity contribution is 0.0858. The lowest BCUT2D eigenvalue weighted by atomic mass is 9.67. The number of nitriles is 1. The molecule has 44 heavy (non-hydrogen) atoms. The second-order valence-corrected chi connectivity index (χ2v) is 14.1. The Hall–Kier alpha value is -3.98. The second-order valence-electron chi connectivity index (χ2n) is 14.1. The number of likely N-dealkylation sites (N-methyl/N-ethyl adjacent to an activating group) is 1. The molecule has 0 bridgehead atoms. The quantitative estimate of drug-likeness (QED) is 0.322. The van der Waals surface area contributed by atoms with Gasteiger partial charge in [0, 0.05) is 48.7 Å². The van der Waals surface area contributed by atoms with Crippen molar-refractivity contribution in [3.05, 3.63) is 89.0 Å². The number of nitrogens with zero attached hydrogens (tertiary/aromatic N) is 3. The Labute approximate surface area is 262 Å². The van der Waals surface area contributed by atoms with E-state index in [-0.39, 0.29) is 17.6 Å². The van der Waals surface area contributed by atoms with Gasteiger partial charge < -0.3 is 15.5 Å². The van der Waals surface area contributed by atoms with Crippen LogP contribution in [0, 0.1) is 17.2 Å². The van der Waals surface area contributed by atoms with E-state index >= 15 is 0 Å². The molecule has 0 spiro atoms. The van der Waals surface area contributed by atoms with Crippen LogP contribution in [0.25, 0.3) is 0 Å². The van der Waals surface area contributed by atoms with Gasteiger partial charge in [0.1, 0.15) is 0 Å². The van der Waals surface area contributed by atoms with Crippen LogP contribution >= 0.6 is 0 Å². The van der Waals surface area contributed by atoms with Crippen LogP contribution in [0.4, 0.5) is 21.9 Å². The molecule has 2 N–H and O–H groups in total. The van der Waals surface area contributed by atoms with E-state index in [1.165, 1.54) is 54.5 Å². The number of nitrogens with one attached hydrogen (secondary N) is 2. The van der Waals surface area contributed by atoms with Crippen molar-refractivity contribution in [3.8, 4) is 6.07 Å². The van der Waals surface area contributed by atoms with E-state index in [1.54, 1.807) is 0 Å². The lowest BCUT2D eigenvalue weighted by Crippen LogP contribution is -2.59. The van der Waals surface area contributed by atoms with Crippen LogP contribution in [-0.2, 0) is 11.8 Å². The maximum atomic E-state index is 14.5. The lowest BCUT2D eigenvalue weighted by Gasteiger charge is -2.50. The minimum atomic E-state index is -0.587. The Bertz CT molecular complexity index is 1580. The first kappa shape index (κ1) is 28.8. The predicted molar refractivity (Wildman–Crippen MR) is 178 cm³/mol. The highest BCUT2D eigenvalue weighted by atomic mass is 16.2. The molecule has 0 aromatic heterocycles. The zero-order chi connectivity index (χ0) is 30.5. The minimum Gasteiger partial charge on any atom is -0.384 e. The monoisotopic (exact) mass is 587 g/mol. The highest BCUT2D eigenvalue weighted by Gasteiger charge is 2.61. The van der Waals surface area contributed by atoms with Gasteiger partial charge in [-0.15, -0.1) is 0 Å². The van der Waals surface area contributed by atoms with Crippen molar-refractivity contribution < 1.29 is 4.79 Å². The molecular formula is C38H45N5O. The van der Waals surface area contributed by atoms with Crippen molar-refractivity contribution in [1.29, 1.82) is 5.26 Å². The van der Waals surface area contributed by atoms with Crippen molar-refractivity contribution in [2.75, 3.05) is 35.7 Å². The molecule has 1 aliphatic carbocycles. The first-order valence-corrected chi connectivity index (χ1v) is 16.6. The SMILES string of the molecule is CN1C(=O)N(c2ccc(C(C)(C)C#N)cc2)C2c3cc(C4CNc5ccccc5C4)ccc3NCC21C1CCCCCCC1. The smallest absolute Gasteiger partial charge is 0.325 e. The summed E-state index contributed by atoms with van der Waals surface area (Å²) in [6, 6.07) is 26.2. The molecule has 3 atom stereocenters. The minimum absolute atomic E-state index is 0.0673. The standard InChI is InChI=1S/C38H45N5O/c1-37(2,24-39)29-16-18-31(19-17-29)43-35-32-22-26(28-21-27-11-9-10-14-33(27)40-23-28)15-20-34(32)41-25-38(35,42(3)36(43)44)30-12-7-5-4-6-8-13-30/h9-11,14-20,22,28,30,35,40-41H,4-8,12-13,21,23,25H2,1-3H3. The Morgan fingerprint density at radius 3 is 2.39 bits per heavy atom. The summed E-state index contributed by atoms with van der Waals surface area (Å²) in [5.41, 5.74) is 7.24. The molecule has 3 unspecified atom stereocenters. The average Bonchev–Trinajstić information content (AvgIpc) is 3.27. The van der Waals surface area contributed by atoms with Crippen molar-refractivity contribution in [2.45, 2.75) is 88.1 Å². The number of rotatable bonds is 4. The summed E-state index contributed by atoms with van der Waals surface area (Å²) in [5.74, 6) is 0.778. The fourth-order valence-electron chi connectivity index (χ4n) is 8.58. The number of carbonyl (C=O) groups excluding carboxylic acids is 1. The van der Waals surface area contributed by atoms with Gasteiger partial charge in [-0.3, -0.25) is 4.90 Å². The van der Waals surface area contributed by atoms with Crippen LogP contribution in [-0.4, -0.2) is 36.6 Å². The number of anilines is 3. The molecule has 6 nitrogen and oxygen atoms in total. The van der Waals surface area contributed by atoms with Crippen LogP contribution in [0.5, 0.6) is 0 Å². The number of fused-ring (bicyclic) bond motifs is 4. The maximum absolute atomic E-state index is 14.5. The zero-order valence-corrected chi connectivity index (χ0v) is 26.4. The van der Waals surface area contributed by atoms with E-state index in [0.717, 1.165) is 49.3 Å². The van der Waals surface area contributed by atoms with E-state index in [0.29, 0.717) is 11.8 Å². The van der Waals surface area contributed by atoms with Crippen LogP contribution in [0.3, 0.4) is 0 Å². The number of para-hydroxylation sites is 1. The van der Waals surface area contributed by atoms with Crippen LogP contribution < -0.4 is 15.5 Å². The van der Waals surface area contributed by atoms with Crippen molar-refractivity contribution in [2.24, 2.45) is 5.92 Å². The first-order chi connectivity index (χ1) is 21.3. The molecule has 4 aliphatic rings. The molecule has 3 aromatic rings. The molecule has 0 radical (unpaired) electrons. The van der Waals surface area contributed by atoms with E-state index in [9.17, 15) is 10.1 Å². The molecule has 3 aliphatic heterocycles. The largest absolute Gasteiger partial charge is 0.384 e. The summed E-state index contributed by atoms with van der Waals surface area (Å²) in [6.07, 6.45) is 9.62. The van der Waals surface area contributed by atoms with Gasteiger partial charge in [0.25, 0.3) is 0 Å². The van der Waals surface area contributed by atoms with Gasteiger partial charge in [-0.2, -0.15) is 5.26 Å². The van der Waals surface area contributed by atoms with Crippen LogP contribution in [0.2, 0.25) is 0 Å². The number of carbonyl (C=O) groups is 1. The zero-order valence-electron chi connectivity index (χ0n) is 26.4. The predicted octanol–water partition coefficient (Wildman–Crippen LogP) is 8.38. The fourth-order valence-corrected chi connectivity index (χ4v) is 8.58. The highest BCUT2D eigenvalue weighted by molar-refractivity contribution is 5.97.